The number of hydrogen-bond acceptors (Lipinski definition) is 2. The van der Waals surface area contributed by atoms with E-state index in [-0.39, 0.29) is 29.6 Å². The molecule has 2 amide bonds. The molecule has 1 fully saturated rings. The van der Waals surface area contributed by atoms with E-state index >= 15 is 0 Å². The van der Waals surface area contributed by atoms with Crippen molar-refractivity contribution in [3.8, 4) is 0 Å². The summed E-state index contributed by atoms with van der Waals surface area (Å²) in [5.74, 6) is -0.607. The van der Waals surface area contributed by atoms with Crippen LogP contribution >= 0.6 is 0 Å². The highest BCUT2D eigenvalue weighted by Gasteiger charge is 2.65. The van der Waals surface area contributed by atoms with E-state index < -0.39 is 5.41 Å². The number of hydrogen-bond donors (Lipinski definition) is 0. The molecule has 2 aromatic carbocycles. The van der Waals surface area contributed by atoms with Crippen molar-refractivity contribution in [3.05, 3.63) is 70.8 Å². The van der Waals surface area contributed by atoms with Gasteiger partial charge in [0.2, 0.25) is 11.8 Å². The molecule has 4 aliphatic rings. The van der Waals surface area contributed by atoms with Gasteiger partial charge in [-0.25, -0.2) is 0 Å². The van der Waals surface area contributed by atoms with Crippen LogP contribution < -0.4 is 0 Å². The predicted octanol–water partition coefficient (Wildman–Crippen LogP) is 2.68. The van der Waals surface area contributed by atoms with Gasteiger partial charge in [0.15, 0.2) is 0 Å². The van der Waals surface area contributed by atoms with Crippen molar-refractivity contribution in [2.75, 3.05) is 7.05 Å². The summed E-state index contributed by atoms with van der Waals surface area (Å²) in [6, 6.07) is 16.6. The molecule has 1 saturated heterocycles. The van der Waals surface area contributed by atoms with E-state index in [1.807, 2.05) is 24.3 Å². The third-order valence-corrected chi connectivity index (χ3v) is 6.26. The molecule has 1 aliphatic heterocycles. The summed E-state index contributed by atoms with van der Waals surface area (Å²) in [5, 5.41) is 0. The van der Waals surface area contributed by atoms with E-state index in [4.69, 9.17) is 0 Å². The van der Waals surface area contributed by atoms with Crippen LogP contribution in [0.2, 0.25) is 0 Å². The largest absolute Gasteiger partial charge is 0.285 e. The quantitative estimate of drug-likeness (QED) is 0.702. The maximum atomic E-state index is 12.9. The molecular formula is C20H17NO2. The summed E-state index contributed by atoms with van der Waals surface area (Å²) in [6.07, 6.45) is 0. The lowest BCUT2D eigenvalue weighted by Gasteiger charge is -2.52. The van der Waals surface area contributed by atoms with Crippen molar-refractivity contribution >= 4 is 11.8 Å². The van der Waals surface area contributed by atoms with Crippen molar-refractivity contribution < 1.29 is 9.59 Å². The van der Waals surface area contributed by atoms with Crippen molar-refractivity contribution in [3.63, 3.8) is 0 Å². The Kier molecular flexibility index (Phi) is 2.22. The number of amides is 2. The van der Waals surface area contributed by atoms with E-state index in [2.05, 4.69) is 31.2 Å². The lowest BCUT2D eigenvalue weighted by atomic mass is 9.48. The van der Waals surface area contributed by atoms with E-state index in [0.717, 1.165) is 0 Å². The van der Waals surface area contributed by atoms with Crippen LogP contribution in [0.4, 0.5) is 0 Å². The topological polar surface area (TPSA) is 37.4 Å². The lowest BCUT2D eigenvalue weighted by Crippen LogP contribution is -2.51. The Labute approximate surface area is 134 Å². The summed E-state index contributed by atoms with van der Waals surface area (Å²) in [4.78, 5) is 27.0. The van der Waals surface area contributed by atoms with E-state index in [1.165, 1.54) is 27.2 Å². The zero-order chi connectivity index (χ0) is 15.9. The molecule has 1 heterocycles. The fraction of sp³-hybridized carbons (Fsp3) is 0.300. The van der Waals surface area contributed by atoms with E-state index in [1.54, 1.807) is 7.05 Å². The van der Waals surface area contributed by atoms with Crippen LogP contribution in [0.15, 0.2) is 48.5 Å². The molecule has 0 unspecified atom stereocenters. The monoisotopic (exact) mass is 303 g/mol. The number of rotatable bonds is 0. The number of carbonyl (C=O) groups is 2. The van der Waals surface area contributed by atoms with Crippen LogP contribution in [0.1, 0.15) is 35.1 Å². The second-order valence-corrected chi connectivity index (χ2v) is 7.09. The SMILES string of the molecule is CN1C(=O)[C@@H]2[C@@H](C1=O)C1c3ccccc3C2(C)c2ccccc21. The Bertz CT molecular complexity index is 837. The van der Waals surface area contributed by atoms with Gasteiger partial charge in [-0.3, -0.25) is 14.5 Å². The number of nitrogens with zero attached hydrogens (tertiary/aromatic N) is 1. The number of carbonyl (C=O) groups excluding carboxylic acids is 2. The molecule has 0 aromatic heterocycles. The molecule has 6 rings (SSSR count). The van der Waals surface area contributed by atoms with Gasteiger partial charge in [0.25, 0.3) is 0 Å². The molecule has 114 valence electrons. The van der Waals surface area contributed by atoms with Gasteiger partial charge in [-0.1, -0.05) is 55.5 Å². The molecule has 3 nitrogen and oxygen atoms in total. The number of likely N-dealkylation sites (tertiary alicyclic amines) is 1. The Morgan fingerprint density at radius 3 is 1.96 bits per heavy atom. The fourth-order valence-electron chi connectivity index (χ4n) is 5.30. The highest BCUT2D eigenvalue weighted by atomic mass is 16.2. The first-order valence-electron chi connectivity index (χ1n) is 8.07. The molecule has 0 saturated carbocycles. The lowest BCUT2D eigenvalue weighted by molar-refractivity contribution is -0.138. The smallest absolute Gasteiger partial charge is 0.234 e. The summed E-state index contributed by atoms with van der Waals surface area (Å²) in [5.41, 5.74) is 4.42. The predicted molar refractivity (Wildman–Crippen MR) is 85.9 cm³/mol. The summed E-state index contributed by atoms with van der Waals surface area (Å²) in [7, 11) is 1.63. The Morgan fingerprint density at radius 1 is 0.870 bits per heavy atom. The molecule has 0 radical (unpaired) electrons. The van der Waals surface area contributed by atoms with Gasteiger partial charge < -0.3 is 0 Å². The molecular weight excluding hydrogens is 286 g/mol. The molecule has 3 aliphatic carbocycles. The van der Waals surface area contributed by atoms with Crippen LogP contribution in [-0.4, -0.2) is 23.8 Å². The Hall–Kier alpha value is -2.42. The van der Waals surface area contributed by atoms with E-state index in [0.29, 0.717) is 0 Å². The zero-order valence-electron chi connectivity index (χ0n) is 13.1. The van der Waals surface area contributed by atoms with Gasteiger partial charge in [-0.15, -0.1) is 0 Å². The third kappa shape index (κ3) is 1.25. The number of imide groups is 1. The van der Waals surface area contributed by atoms with Gasteiger partial charge >= 0.3 is 0 Å². The molecule has 23 heavy (non-hydrogen) atoms. The Morgan fingerprint density at radius 2 is 1.39 bits per heavy atom. The van der Waals surface area contributed by atoms with Gasteiger partial charge in [-0.2, -0.15) is 0 Å². The van der Waals surface area contributed by atoms with Crippen molar-refractivity contribution in [2.45, 2.75) is 18.3 Å². The minimum atomic E-state index is -0.426. The van der Waals surface area contributed by atoms with Crippen molar-refractivity contribution in [1.82, 2.24) is 4.90 Å². The first-order valence-corrected chi connectivity index (χ1v) is 8.07. The first kappa shape index (κ1) is 13.1. The molecule has 2 atom stereocenters. The van der Waals surface area contributed by atoms with Crippen LogP contribution in [0.3, 0.4) is 0 Å². The van der Waals surface area contributed by atoms with Crippen LogP contribution in [0.5, 0.6) is 0 Å². The van der Waals surface area contributed by atoms with Gasteiger partial charge in [0, 0.05) is 18.4 Å². The second-order valence-electron chi connectivity index (χ2n) is 7.09. The standard InChI is InChI=1S/C20H17NO2/c1-20-13-9-5-3-7-11(13)15(12-8-4-6-10-14(12)20)16-17(20)19(23)21(2)18(16)22/h3-10,15-17H,1-2H3/t15?,16-,17-,20?/m0/s1. The van der Waals surface area contributed by atoms with Gasteiger partial charge in [0.1, 0.15) is 0 Å². The highest BCUT2D eigenvalue weighted by molar-refractivity contribution is 6.08. The third-order valence-electron chi connectivity index (χ3n) is 6.26. The highest BCUT2D eigenvalue weighted by Crippen LogP contribution is 2.63. The zero-order valence-corrected chi connectivity index (χ0v) is 13.1. The minimum absolute atomic E-state index is 0.00405. The van der Waals surface area contributed by atoms with Gasteiger partial charge in [0.05, 0.1) is 11.8 Å². The second kappa shape index (κ2) is 3.91. The first-order chi connectivity index (χ1) is 11.1. The van der Waals surface area contributed by atoms with Crippen molar-refractivity contribution in [1.29, 1.82) is 0 Å². The summed E-state index contributed by atoms with van der Waals surface area (Å²) >= 11 is 0. The molecule has 2 bridgehead atoms. The van der Waals surface area contributed by atoms with Crippen LogP contribution in [-0.2, 0) is 15.0 Å². The molecule has 0 spiro atoms. The fourth-order valence-corrected chi connectivity index (χ4v) is 5.30. The van der Waals surface area contributed by atoms with Crippen molar-refractivity contribution in [2.24, 2.45) is 11.8 Å². The van der Waals surface area contributed by atoms with Crippen LogP contribution in [0.25, 0.3) is 0 Å². The average molecular weight is 303 g/mol. The number of benzene rings is 2. The Balaban J connectivity index is 1.92. The normalized spacial score (nSPS) is 33.5. The average Bonchev–Trinajstić information content (AvgIpc) is 2.81. The van der Waals surface area contributed by atoms with Gasteiger partial charge in [-0.05, 0) is 22.3 Å². The van der Waals surface area contributed by atoms with E-state index in [9.17, 15) is 9.59 Å². The summed E-state index contributed by atoms with van der Waals surface area (Å²) in [6.45, 7) is 2.14. The summed E-state index contributed by atoms with van der Waals surface area (Å²) < 4.78 is 0. The maximum absolute atomic E-state index is 12.9. The van der Waals surface area contributed by atoms with Crippen LogP contribution in [0, 0.1) is 11.8 Å². The molecule has 2 aromatic rings. The minimum Gasteiger partial charge on any atom is -0.285 e. The maximum Gasteiger partial charge on any atom is 0.234 e. The molecule has 0 N–H and O–H groups in total. The molecule has 3 heteroatoms.